The van der Waals surface area contributed by atoms with Crippen LogP contribution < -0.4 is 5.32 Å². The van der Waals surface area contributed by atoms with Crippen LogP contribution in [0, 0.1) is 23.7 Å². The molecule has 1 amide bonds. The molecular weight excluding hydrogens is 310 g/mol. The van der Waals surface area contributed by atoms with Crippen molar-refractivity contribution in [3.8, 4) is 0 Å². The zero-order valence-corrected chi connectivity index (χ0v) is 17.3. The van der Waals surface area contributed by atoms with E-state index in [4.69, 9.17) is 0 Å². The quantitative estimate of drug-likeness (QED) is 0.635. The lowest BCUT2D eigenvalue weighted by Gasteiger charge is -2.30. The monoisotopic (exact) mass is 347 g/mol. The molecule has 0 saturated carbocycles. The zero-order valence-electron chi connectivity index (χ0n) is 17.3. The Morgan fingerprint density at radius 3 is 2.32 bits per heavy atom. The first kappa shape index (κ1) is 21.6. The topological polar surface area (TPSA) is 54.9 Å². The van der Waals surface area contributed by atoms with Crippen LogP contribution in [0.5, 0.6) is 0 Å². The van der Waals surface area contributed by atoms with Crippen LogP contribution in [0.1, 0.15) is 85.0 Å². The highest BCUT2D eigenvalue weighted by molar-refractivity contribution is 5.79. The van der Waals surface area contributed by atoms with Crippen molar-refractivity contribution in [2.45, 2.75) is 87.1 Å². The summed E-state index contributed by atoms with van der Waals surface area (Å²) in [7, 11) is 0. The molecule has 0 radical (unpaired) electrons. The van der Waals surface area contributed by atoms with Crippen LogP contribution >= 0.6 is 0 Å². The molecule has 0 saturated heterocycles. The van der Waals surface area contributed by atoms with E-state index < -0.39 is 0 Å². The van der Waals surface area contributed by atoms with Crippen LogP contribution in [0.3, 0.4) is 0 Å². The molecule has 25 heavy (non-hydrogen) atoms. The molecule has 0 aromatic carbocycles. The lowest BCUT2D eigenvalue weighted by atomic mass is 9.76. The number of rotatable bonds is 9. The first-order valence-corrected chi connectivity index (χ1v) is 9.60. The predicted octanol–water partition coefficient (Wildman–Crippen LogP) is 5.06. The zero-order chi connectivity index (χ0) is 19.1. The van der Waals surface area contributed by atoms with Gasteiger partial charge >= 0.3 is 0 Å². The van der Waals surface area contributed by atoms with Crippen LogP contribution in [-0.4, -0.2) is 15.9 Å². The van der Waals surface area contributed by atoms with Crippen LogP contribution in [0.25, 0.3) is 0 Å². The molecule has 1 N–H and O–H groups in total. The van der Waals surface area contributed by atoms with E-state index in [-0.39, 0.29) is 17.2 Å². The minimum absolute atomic E-state index is 0.0237. The third-order valence-electron chi connectivity index (χ3n) is 5.19. The van der Waals surface area contributed by atoms with Crippen molar-refractivity contribution < 1.29 is 4.79 Å². The molecule has 1 rings (SSSR count). The van der Waals surface area contributed by atoms with E-state index in [2.05, 4.69) is 56.8 Å². The second-order valence-corrected chi connectivity index (χ2v) is 9.05. The minimum atomic E-state index is -0.0384. The Balaban J connectivity index is 2.53. The van der Waals surface area contributed by atoms with Crippen molar-refractivity contribution in [1.29, 1.82) is 0 Å². The Bertz CT molecular complexity index is 529. The van der Waals surface area contributed by atoms with Crippen molar-refractivity contribution in [2.75, 3.05) is 0 Å². The smallest absolute Gasteiger partial charge is 0.223 e. The fourth-order valence-corrected chi connectivity index (χ4v) is 2.90. The summed E-state index contributed by atoms with van der Waals surface area (Å²) in [6.45, 7) is 15.7. The molecule has 1 unspecified atom stereocenters. The van der Waals surface area contributed by atoms with Crippen LogP contribution in [-0.2, 0) is 11.3 Å². The molecule has 1 atom stereocenters. The molecule has 4 heteroatoms. The van der Waals surface area contributed by atoms with Gasteiger partial charge in [0, 0.05) is 12.1 Å². The lowest BCUT2D eigenvalue weighted by Crippen LogP contribution is -2.37. The largest absolute Gasteiger partial charge is 0.350 e. The number of hydrogen-bond acceptors (Lipinski definition) is 3. The highest BCUT2D eigenvalue weighted by Gasteiger charge is 2.30. The van der Waals surface area contributed by atoms with Gasteiger partial charge in [0.05, 0.1) is 24.1 Å². The van der Waals surface area contributed by atoms with Gasteiger partial charge < -0.3 is 5.32 Å². The fourth-order valence-electron chi connectivity index (χ4n) is 2.90. The molecule has 0 bridgehead atoms. The summed E-state index contributed by atoms with van der Waals surface area (Å²) in [5.41, 5.74) is 2.06. The molecule has 0 fully saturated rings. The van der Waals surface area contributed by atoms with Gasteiger partial charge in [0.2, 0.25) is 5.91 Å². The van der Waals surface area contributed by atoms with Crippen molar-refractivity contribution in [3.05, 3.63) is 23.8 Å². The molecule has 142 valence electrons. The van der Waals surface area contributed by atoms with E-state index in [0.717, 1.165) is 24.2 Å². The average molecular weight is 348 g/mol. The van der Waals surface area contributed by atoms with Crippen molar-refractivity contribution in [1.82, 2.24) is 15.3 Å². The summed E-state index contributed by atoms with van der Waals surface area (Å²) in [6.07, 6.45) is 9.11. The molecule has 1 aromatic heterocycles. The van der Waals surface area contributed by atoms with E-state index in [1.54, 1.807) is 12.4 Å². The van der Waals surface area contributed by atoms with Crippen molar-refractivity contribution in [2.24, 2.45) is 16.7 Å². The van der Waals surface area contributed by atoms with Crippen LogP contribution in [0.15, 0.2) is 12.4 Å². The van der Waals surface area contributed by atoms with Crippen molar-refractivity contribution >= 4 is 5.91 Å². The maximum atomic E-state index is 12.7. The number of hydrogen-bond donors (Lipinski definition) is 1. The Kier molecular flexibility index (Phi) is 8.04. The summed E-state index contributed by atoms with van der Waals surface area (Å²) in [5.74, 6) is 0.153. The molecule has 1 aromatic rings. The van der Waals surface area contributed by atoms with Gasteiger partial charge in [-0.2, -0.15) is 0 Å². The summed E-state index contributed by atoms with van der Waals surface area (Å²) < 4.78 is 0. The maximum Gasteiger partial charge on any atom is 0.223 e. The lowest BCUT2D eigenvalue weighted by molar-refractivity contribution is -0.128. The van der Waals surface area contributed by atoms with E-state index in [0.29, 0.717) is 12.0 Å². The Morgan fingerprint density at radius 1 is 1.12 bits per heavy atom. The van der Waals surface area contributed by atoms with Gasteiger partial charge in [-0.25, -0.2) is 0 Å². The van der Waals surface area contributed by atoms with Gasteiger partial charge in [-0.1, -0.05) is 60.8 Å². The van der Waals surface area contributed by atoms with Crippen LogP contribution in [0.2, 0.25) is 0 Å². The normalized spacial score (nSPS) is 13.6. The Hall–Kier alpha value is -1.45. The second kappa shape index (κ2) is 9.30. The first-order chi connectivity index (χ1) is 11.5. The third-order valence-corrected chi connectivity index (χ3v) is 5.19. The molecule has 0 spiro atoms. The Labute approximate surface area is 154 Å². The minimum Gasteiger partial charge on any atom is -0.350 e. The predicted molar refractivity (Wildman–Crippen MR) is 104 cm³/mol. The van der Waals surface area contributed by atoms with E-state index in [9.17, 15) is 4.79 Å². The summed E-state index contributed by atoms with van der Waals surface area (Å²) >= 11 is 0. The highest BCUT2D eigenvalue weighted by Crippen LogP contribution is 2.32. The first-order valence-electron chi connectivity index (χ1n) is 9.60. The van der Waals surface area contributed by atoms with Gasteiger partial charge in [0.25, 0.3) is 0 Å². The van der Waals surface area contributed by atoms with E-state index in [1.165, 1.54) is 19.3 Å². The van der Waals surface area contributed by atoms with E-state index in [1.807, 2.05) is 6.92 Å². The summed E-state index contributed by atoms with van der Waals surface area (Å²) in [4.78, 5) is 21.3. The van der Waals surface area contributed by atoms with Gasteiger partial charge in [-0.05, 0) is 30.6 Å². The Morgan fingerprint density at radius 2 is 1.80 bits per heavy atom. The number of nitrogens with zero attached hydrogens (tertiary/aromatic N) is 2. The molecule has 0 aliphatic rings. The molecule has 4 nitrogen and oxygen atoms in total. The number of amides is 1. The van der Waals surface area contributed by atoms with Crippen LogP contribution in [0.4, 0.5) is 0 Å². The SMILES string of the molecule is CCC(C)(C)CCCCC(C(=O)NCc1cnc(C)cn1)C(C)(C)C. The number of carbonyl (C=O) groups is 1. The van der Waals surface area contributed by atoms with Crippen molar-refractivity contribution in [3.63, 3.8) is 0 Å². The molecule has 1 heterocycles. The van der Waals surface area contributed by atoms with Gasteiger partial charge in [-0.15, -0.1) is 0 Å². The van der Waals surface area contributed by atoms with E-state index >= 15 is 0 Å². The number of aryl methyl sites for hydroxylation is 1. The van der Waals surface area contributed by atoms with Gasteiger partial charge in [0.1, 0.15) is 0 Å². The molecule has 0 aliphatic heterocycles. The van der Waals surface area contributed by atoms with Gasteiger partial charge in [0.15, 0.2) is 0 Å². The number of unbranched alkanes of at least 4 members (excludes halogenated alkanes) is 1. The summed E-state index contributed by atoms with van der Waals surface area (Å²) in [6, 6.07) is 0. The van der Waals surface area contributed by atoms with Gasteiger partial charge in [-0.3, -0.25) is 14.8 Å². The second-order valence-electron chi connectivity index (χ2n) is 9.05. The summed E-state index contributed by atoms with van der Waals surface area (Å²) in [5, 5.41) is 3.05. The third kappa shape index (κ3) is 7.98. The standard InChI is InChI=1S/C21H37N3O/c1-8-21(6,7)12-10-9-11-18(20(3,4)5)19(25)24-15-17-14-22-16(2)13-23-17/h13-14,18H,8-12,15H2,1-7H3,(H,24,25). The number of aromatic nitrogens is 2. The highest BCUT2D eigenvalue weighted by atomic mass is 16.1. The number of nitrogens with one attached hydrogen (secondary N) is 1. The average Bonchev–Trinajstić information content (AvgIpc) is 2.52. The fraction of sp³-hybridized carbons (Fsp3) is 0.762. The number of carbonyl (C=O) groups excluding carboxylic acids is 1. The molecular formula is C21H37N3O. The maximum absolute atomic E-state index is 12.7. The molecule has 0 aliphatic carbocycles.